The molecule has 0 radical (unpaired) electrons. The topological polar surface area (TPSA) is 148 Å². The first-order valence-corrected chi connectivity index (χ1v) is 13.4. The van der Waals surface area contributed by atoms with Crippen molar-refractivity contribution in [1.82, 2.24) is 30.8 Å². The summed E-state index contributed by atoms with van der Waals surface area (Å²) in [6, 6.07) is 7.95. The van der Waals surface area contributed by atoms with Gasteiger partial charge in [0.1, 0.15) is 29.9 Å². The molecule has 2 aliphatic heterocycles. The van der Waals surface area contributed by atoms with Crippen molar-refractivity contribution in [3.05, 3.63) is 47.7 Å². The molecule has 40 heavy (non-hydrogen) atoms. The van der Waals surface area contributed by atoms with Gasteiger partial charge in [-0.05, 0) is 59.9 Å². The van der Waals surface area contributed by atoms with E-state index in [-0.39, 0.29) is 37.0 Å². The van der Waals surface area contributed by atoms with Crippen molar-refractivity contribution in [1.29, 1.82) is 0 Å². The summed E-state index contributed by atoms with van der Waals surface area (Å²) >= 11 is 0. The maximum atomic E-state index is 13.2. The molecule has 2 saturated heterocycles. The molecule has 13 heteroatoms. The Labute approximate surface area is 233 Å². The predicted octanol–water partition coefficient (Wildman–Crippen LogP) is 4.23. The van der Waals surface area contributed by atoms with Gasteiger partial charge in [0.2, 0.25) is 11.8 Å². The number of benzene rings is 1. The number of hydrogen-bond donors (Lipinski definition) is 2. The van der Waals surface area contributed by atoms with Gasteiger partial charge in [0.05, 0.1) is 12.6 Å². The highest BCUT2D eigenvalue weighted by molar-refractivity contribution is 5.77. The molecular weight excluding hydrogens is 520 g/mol. The van der Waals surface area contributed by atoms with Crippen molar-refractivity contribution in [3.63, 3.8) is 0 Å². The highest BCUT2D eigenvalue weighted by Crippen LogP contribution is 2.38. The second kappa shape index (κ2) is 11.7. The lowest BCUT2D eigenvalue weighted by Gasteiger charge is -2.27. The Kier molecular flexibility index (Phi) is 8.52. The van der Waals surface area contributed by atoms with Crippen molar-refractivity contribution >= 4 is 18.2 Å². The molecule has 1 aromatic heterocycles. The van der Waals surface area contributed by atoms with Crippen LogP contribution >= 0.6 is 0 Å². The second-order valence-corrected chi connectivity index (χ2v) is 11.8. The van der Waals surface area contributed by atoms with Gasteiger partial charge in [0.25, 0.3) is 0 Å². The number of ether oxygens (including phenoxy) is 2. The van der Waals surface area contributed by atoms with Crippen LogP contribution in [0, 0.1) is 0 Å². The van der Waals surface area contributed by atoms with Crippen molar-refractivity contribution < 1.29 is 33.1 Å². The summed E-state index contributed by atoms with van der Waals surface area (Å²) in [7, 11) is 0. The van der Waals surface area contributed by atoms with E-state index in [4.69, 9.17) is 18.7 Å². The maximum absolute atomic E-state index is 13.2. The molecule has 2 aromatic rings. The van der Waals surface area contributed by atoms with Crippen LogP contribution in [-0.2, 0) is 20.9 Å². The van der Waals surface area contributed by atoms with E-state index < -0.39 is 35.5 Å². The first kappa shape index (κ1) is 29.1. The van der Waals surface area contributed by atoms with Gasteiger partial charge in [-0.15, -0.1) is 10.2 Å². The maximum Gasteiger partial charge on any atom is 0.408 e. The molecule has 0 saturated carbocycles. The summed E-state index contributed by atoms with van der Waals surface area (Å²) in [5.41, 5.74) is -0.472. The molecule has 0 spiro atoms. The number of alkyl carbamates (subject to hydrolysis) is 2. The summed E-state index contributed by atoms with van der Waals surface area (Å²) in [6.07, 6.45) is -0.0903. The van der Waals surface area contributed by atoms with Gasteiger partial charge in [-0.1, -0.05) is 30.3 Å². The summed E-state index contributed by atoms with van der Waals surface area (Å²) in [6.45, 7) is 11.1. The minimum absolute atomic E-state index is 0.0582. The number of fused-ring (bicyclic) bond motifs is 2. The zero-order valence-corrected chi connectivity index (χ0v) is 23.8. The summed E-state index contributed by atoms with van der Waals surface area (Å²) in [5, 5.41) is 15.0. The van der Waals surface area contributed by atoms with Crippen LogP contribution < -0.4 is 10.6 Å². The molecule has 2 aliphatic rings. The molecule has 3 heterocycles. The molecular formula is C27H38N6O7. The third kappa shape index (κ3) is 7.62. The van der Waals surface area contributed by atoms with Gasteiger partial charge < -0.3 is 29.4 Å². The molecule has 218 valence electrons. The Morgan fingerprint density at radius 2 is 1.70 bits per heavy atom. The first-order valence-electron chi connectivity index (χ1n) is 13.4. The number of amides is 4. The standard InChI is InChI=1S/C27H38N6O7/c1-26(2,3)39-23(34)28-14-19(29-24(35)40-27(4,5)6)21-30-31-22(38-21)20-13-12-18-15-32(20)25(36)33(18)37-16-17-10-8-7-9-11-17/h7-11,18-20H,12-16H2,1-6H3,(H,28,34)(H,29,35). The molecule has 1 aromatic carbocycles. The van der Waals surface area contributed by atoms with Crippen LogP contribution in [0.5, 0.6) is 0 Å². The van der Waals surface area contributed by atoms with Crippen LogP contribution in [0.25, 0.3) is 0 Å². The predicted molar refractivity (Wildman–Crippen MR) is 142 cm³/mol. The first-order chi connectivity index (χ1) is 18.8. The largest absolute Gasteiger partial charge is 0.444 e. The lowest BCUT2D eigenvalue weighted by atomic mass is 10.0. The van der Waals surface area contributed by atoms with Crippen LogP contribution in [0.4, 0.5) is 14.4 Å². The van der Waals surface area contributed by atoms with Crippen LogP contribution in [0.1, 0.15) is 83.8 Å². The Bertz CT molecular complexity index is 1190. The Morgan fingerprint density at radius 1 is 1.02 bits per heavy atom. The normalized spacial score (nSPS) is 19.8. The van der Waals surface area contributed by atoms with Crippen LogP contribution in [-0.4, -0.2) is 68.7 Å². The minimum Gasteiger partial charge on any atom is -0.444 e. The highest BCUT2D eigenvalue weighted by Gasteiger charge is 2.48. The minimum atomic E-state index is -0.903. The van der Waals surface area contributed by atoms with Crippen LogP contribution in [0.3, 0.4) is 0 Å². The van der Waals surface area contributed by atoms with Gasteiger partial charge in [0.15, 0.2) is 0 Å². The Balaban J connectivity index is 1.44. The fourth-order valence-electron chi connectivity index (χ4n) is 4.44. The van der Waals surface area contributed by atoms with E-state index >= 15 is 0 Å². The molecule has 4 amide bonds. The monoisotopic (exact) mass is 558 g/mol. The van der Waals surface area contributed by atoms with E-state index in [2.05, 4.69) is 20.8 Å². The van der Waals surface area contributed by atoms with E-state index in [9.17, 15) is 14.4 Å². The number of carbonyl (C=O) groups is 3. The van der Waals surface area contributed by atoms with E-state index in [1.54, 1.807) is 46.4 Å². The zero-order chi connectivity index (χ0) is 29.1. The number of nitrogens with zero attached hydrogens (tertiary/aromatic N) is 4. The number of hydroxylamine groups is 2. The van der Waals surface area contributed by atoms with E-state index in [0.29, 0.717) is 19.4 Å². The van der Waals surface area contributed by atoms with Crippen molar-refractivity contribution in [2.75, 3.05) is 13.1 Å². The number of aromatic nitrogens is 2. The summed E-state index contributed by atoms with van der Waals surface area (Å²) in [4.78, 5) is 45.5. The van der Waals surface area contributed by atoms with Gasteiger partial charge >= 0.3 is 18.2 Å². The quantitative estimate of drug-likeness (QED) is 0.485. The molecule has 3 atom stereocenters. The molecule has 2 fully saturated rings. The summed E-state index contributed by atoms with van der Waals surface area (Å²) in [5.74, 6) is 0.294. The number of nitrogens with one attached hydrogen (secondary N) is 2. The zero-order valence-electron chi connectivity index (χ0n) is 23.8. The van der Waals surface area contributed by atoms with E-state index in [1.165, 1.54) is 5.06 Å². The summed E-state index contributed by atoms with van der Waals surface area (Å²) < 4.78 is 16.6. The SMILES string of the molecule is CC(C)(C)OC(=O)NCC(NC(=O)OC(C)(C)C)c1nnc(C2CCC3CN2C(=O)N3OCc2ccccc2)o1. The third-order valence-electron chi connectivity index (χ3n) is 6.12. The van der Waals surface area contributed by atoms with Gasteiger partial charge in [-0.2, -0.15) is 5.06 Å². The second-order valence-electron chi connectivity index (χ2n) is 11.8. The van der Waals surface area contributed by atoms with E-state index in [0.717, 1.165) is 5.56 Å². The molecule has 2 N–H and O–H groups in total. The van der Waals surface area contributed by atoms with Crippen molar-refractivity contribution in [2.24, 2.45) is 0 Å². The van der Waals surface area contributed by atoms with Gasteiger partial charge in [0, 0.05) is 6.54 Å². The highest BCUT2D eigenvalue weighted by atomic mass is 16.7. The smallest absolute Gasteiger partial charge is 0.408 e. The molecule has 2 bridgehead atoms. The average Bonchev–Trinajstić information content (AvgIpc) is 3.43. The lowest BCUT2D eigenvalue weighted by Crippen LogP contribution is -2.42. The number of carbonyl (C=O) groups excluding carboxylic acids is 3. The molecule has 13 nitrogen and oxygen atoms in total. The fraction of sp³-hybridized carbons (Fsp3) is 0.593. The number of hydrogen-bond acceptors (Lipinski definition) is 9. The van der Waals surface area contributed by atoms with Crippen LogP contribution in [0.15, 0.2) is 34.7 Å². The van der Waals surface area contributed by atoms with Gasteiger partial charge in [-0.3, -0.25) is 4.84 Å². The van der Waals surface area contributed by atoms with Crippen molar-refractivity contribution in [2.45, 2.75) is 90.3 Å². The number of piperidine rings is 1. The van der Waals surface area contributed by atoms with E-state index in [1.807, 2.05) is 30.3 Å². The molecule has 3 unspecified atom stereocenters. The molecule has 4 rings (SSSR count). The third-order valence-corrected chi connectivity index (χ3v) is 6.12. The number of urea groups is 1. The average molecular weight is 559 g/mol. The number of rotatable bonds is 8. The Hall–Kier alpha value is -3.87. The lowest BCUT2D eigenvalue weighted by molar-refractivity contribution is -0.140. The van der Waals surface area contributed by atoms with Gasteiger partial charge in [-0.25, -0.2) is 14.4 Å². The molecule has 0 aliphatic carbocycles. The van der Waals surface area contributed by atoms with Crippen molar-refractivity contribution in [3.8, 4) is 0 Å². The van der Waals surface area contributed by atoms with Crippen LogP contribution in [0.2, 0.25) is 0 Å². The fourth-order valence-corrected chi connectivity index (χ4v) is 4.44. The Morgan fingerprint density at radius 3 is 2.38 bits per heavy atom.